The SMILES string of the molecule is O=C(O)N1CC2(CC(N3CCC(N4CC(F)(F)C[C@@H]4CO)CC3)C2)C1. The molecule has 1 amide bonds. The van der Waals surface area contributed by atoms with Crippen LogP contribution in [0, 0.1) is 5.41 Å². The maximum absolute atomic E-state index is 13.7. The van der Waals surface area contributed by atoms with Gasteiger partial charge in [-0.05, 0) is 38.8 Å². The molecule has 1 atom stereocenters. The van der Waals surface area contributed by atoms with Crippen molar-refractivity contribution in [3.8, 4) is 0 Å². The van der Waals surface area contributed by atoms with Crippen LogP contribution in [-0.4, -0.2) is 94.4 Å². The van der Waals surface area contributed by atoms with Gasteiger partial charge in [0.2, 0.25) is 0 Å². The Kier molecular flexibility index (Phi) is 4.20. The Labute approximate surface area is 146 Å². The van der Waals surface area contributed by atoms with Crippen molar-refractivity contribution in [2.45, 2.75) is 56.2 Å². The fourth-order valence-electron chi connectivity index (χ4n) is 5.46. The van der Waals surface area contributed by atoms with Crippen LogP contribution in [0.2, 0.25) is 0 Å². The van der Waals surface area contributed by atoms with Gasteiger partial charge in [-0.1, -0.05) is 0 Å². The van der Waals surface area contributed by atoms with Crippen molar-refractivity contribution in [1.82, 2.24) is 14.7 Å². The third kappa shape index (κ3) is 3.13. The molecule has 3 aliphatic heterocycles. The molecule has 1 aliphatic carbocycles. The number of carboxylic acid groups (broad SMARTS) is 1. The second-order valence-corrected chi connectivity index (χ2v) is 8.54. The lowest BCUT2D eigenvalue weighted by Crippen LogP contribution is -2.68. The fraction of sp³-hybridized carbons (Fsp3) is 0.941. The maximum Gasteiger partial charge on any atom is 0.407 e. The summed E-state index contributed by atoms with van der Waals surface area (Å²) in [5.74, 6) is -2.68. The van der Waals surface area contributed by atoms with Crippen LogP contribution in [0.25, 0.3) is 0 Å². The van der Waals surface area contributed by atoms with Gasteiger partial charge in [-0.3, -0.25) is 4.90 Å². The quantitative estimate of drug-likeness (QED) is 0.795. The van der Waals surface area contributed by atoms with E-state index < -0.39 is 18.1 Å². The zero-order valence-electron chi connectivity index (χ0n) is 14.4. The highest BCUT2D eigenvalue weighted by Gasteiger charge is 2.55. The Hall–Kier alpha value is -0.990. The van der Waals surface area contributed by atoms with Crippen molar-refractivity contribution in [2.24, 2.45) is 5.41 Å². The van der Waals surface area contributed by atoms with Gasteiger partial charge in [0.15, 0.2) is 0 Å². The third-order valence-corrected chi connectivity index (χ3v) is 6.77. The molecule has 0 bridgehead atoms. The molecule has 4 aliphatic rings. The van der Waals surface area contributed by atoms with Crippen molar-refractivity contribution < 1.29 is 23.8 Å². The van der Waals surface area contributed by atoms with Crippen LogP contribution in [0.5, 0.6) is 0 Å². The largest absolute Gasteiger partial charge is 0.465 e. The number of aliphatic hydroxyl groups excluding tert-OH is 1. The summed E-state index contributed by atoms with van der Waals surface area (Å²) in [6.45, 7) is 2.73. The molecule has 6 nitrogen and oxygen atoms in total. The van der Waals surface area contributed by atoms with Crippen LogP contribution < -0.4 is 0 Å². The standard InChI is InChI=1S/C17H27F2N3O3/c18-17(19)7-14(8-23)22(11-17)12-1-3-20(4-2-12)13-5-16(6-13)9-21(10-16)15(24)25/h12-14,23H,1-11H2,(H,24,25)/t14-/m1/s1. The zero-order chi connectivity index (χ0) is 17.8. The number of nitrogens with zero attached hydrogens (tertiary/aromatic N) is 3. The number of piperidine rings is 1. The zero-order valence-corrected chi connectivity index (χ0v) is 14.4. The molecule has 1 saturated carbocycles. The molecular formula is C17H27F2N3O3. The van der Waals surface area contributed by atoms with E-state index in [-0.39, 0.29) is 31.0 Å². The summed E-state index contributed by atoms with van der Waals surface area (Å²) < 4.78 is 27.3. The Balaban J connectivity index is 1.24. The fourth-order valence-corrected chi connectivity index (χ4v) is 5.46. The molecular weight excluding hydrogens is 332 g/mol. The molecule has 8 heteroatoms. The average molecular weight is 359 g/mol. The third-order valence-electron chi connectivity index (χ3n) is 6.77. The van der Waals surface area contributed by atoms with E-state index in [0.29, 0.717) is 19.1 Å². The van der Waals surface area contributed by atoms with Gasteiger partial charge in [-0.15, -0.1) is 0 Å². The molecule has 4 fully saturated rings. The molecule has 0 unspecified atom stereocenters. The van der Waals surface area contributed by atoms with E-state index in [0.717, 1.165) is 38.8 Å². The molecule has 0 aromatic rings. The smallest absolute Gasteiger partial charge is 0.407 e. The number of hydrogen-bond acceptors (Lipinski definition) is 4. The minimum absolute atomic E-state index is 0.141. The first-order valence-corrected chi connectivity index (χ1v) is 9.27. The molecule has 142 valence electrons. The molecule has 3 saturated heterocycles. The van der Waals surface area contributed by atoms with Crippen molar-refractivity contribution in [2.75, 3.05) is 39.3 Å². The van der Waals surface area contributed by atoms with Gasteiger partial charge < -0.3 is 20.0 Å². The number of halogens is 2. The molecule has 0 aromatic carbocycles. The predicted molar refractivity (Wildman–Crippen MR) is 86.8 cm³/mol. The second kappa shape index (κ2) is 6.03. The number of carbonyl (C=O) groups is 1. The molecule has 2 N–H and O–H groups in total. The van der Waals surface area contributed by atoms with E-state index in [4.69, 9.17) is 5.11 Å². The highest BCUT2D eigenvalue weighted by atomic mass is 19.3. The second-order valence-electron chi connectivity index (χ2n) is 8.54. The topological polar surface area (TPSA) is 67.2 Å². The summed E-state index contributed by atoms with van der Waals surface area (Å²) in [6, 6.07) is 0.253. The van der Waals surface area contributed by atoms with Crippen LogP contribution in [0.15, 0.2) is 0 Å². The number of hydrogen-bond donors (Lipinski definition) is 2. The number of rotatable bonds is 3. The van der Waals surface area contributed by atoms with Crippen LogP contribution >= 0.6 is 0 Å². The number of alkyl halides is 2. The van der Waals surface area contributed by atoms with Crippen molar-refractivity contribution in [3.05, 3.63) is 0 Å². The van der Waals surface area contributed by atoms with Gasteiger partial charge in [-0.2, -0.15) is 0 Å². The van der Waals surface area contributed by atoms with Gasteiger partial charge in [0.05, 0.1) is 13.2 Å². The van der Waals surface area contributed by atoms with Crippen LogP contribution in [0.4, 0.5) is 13.6 Å². The van der Waals surface area contributed by atoms with Gasteiger partial charge in [0, 0.05) is 43.1 Å². The summed E-state index contributed by atoms with van der Waals surface area (Å²) in [4.78, 5) is 16.6. The summed E-state index contributed by atoms with van der Waals surface area (Å²) >= 11 is 0. The minimum atomic E-state index is -2.68. The van der Waals surface area contributed by atoms with E-state index in [1.807, 2.05) is 4.90 Å². The Morgan fingerprint density at radius 1 is 1.04 bits per heavy atom. The average Bonchev–Trinajstić information content (AvgIpc) is 2.80. The first kappa shape index (κ1) is 17.4. The molecule has 25 heavy (non-hydrogen) atoms. The molecule has 0 radical (unpaired) electrons. The lowest BCUT2D eigenvalue weighted by molar-refractivity contribution is -0.103. The van der Waals surface area contributed by atoms with Gasteiger partial charge >= 0.3 is 6.09 Å². The lowest BCUT2D eigenvalue weighted by Gasteiger charge is -2.61. The van der Waals surface area contributed by atoms with E-state index in [1.54, 1.807) is 0 Å². The monoisotopic (exact) mass is 359 g/mol. The minimum Gasteiger partial charge on any atom is -0.465 e. The Morgan fingerprint density at radius 2 is 1.68 bits per heavy atom. The van der Waals surface area contributed by atoms with E-state index in [9.17, 15) is 18.7 Å². The Morgan fingerprint density at radius 3 is 2.24 bits per heavy atom. The summed E-state index contributed by atoms with van der Waals surface area (Å²) in [6.07, 6.45) is 2.81. The van der Waals surface area contributed by atoms with Crippen LogP contribution in [0.3, 0.4) is 0 Å². The first-order chi connectivity index (χ1) is 11.8. The van der Waals surface area contributed by atoms with Gasteiger partial charge in [0.1, 0.15) is 0 Å². The van der Waals surface area contributed by atoms with Crippen molar-refractivity contribution >= 4 is 6.09 Å². The number of likely N-dealkylation sites (tertiary alicyclic amines) is 3. The van der Waals surface area contributed by atoms with Crippen LogP contribution in [0.1, 0.15) is 32.1 Å². The van der Waals surface area contributed by atoms with Gasteiger partial charge in [-0.25, -0.2) is 13.6 Å². The first-order valence-electron chi connectivity index (χ1n) is 9.27. The summed E-state index contributed by atoms with van der Waals surface area (Å²) in [7, 11) is 0. The summed E-state index contributed by atoms with van der Waals surface area (Å²) in [5.41, 5.74) is 0.207. The van der Waals surface area contributed by atoms with E-state index in [1.165, 1.54) is 4.90 Å². The van der Waals surface area contributed by atoms with Crippen molar-refractivity contribution in [1.29, 1.82) is 0 Å². The molecule has 4 rings (SSSR count). The molecule has 0 aromatic heterocycles. The predicted octanol–water partition coefficient (Wildman–Crippen LogP) is 1.30. The molecule has 3 heterocycles. The number of amides is 1. The summed E-state index contributed by atoms with van der Waals surface area (Å²) in [5, 5.41) is 18.4. The van der Waals surface area contributed by atoms with Crippen LogP contribution in [-0.2, 0) is 0 Å². The van der Waals surface area contributed by atoms with Gasteiger partial charge in [0.25, 0.3) is 5.92 Å². The maximum atomic E-state index is 13.7. The molecule has 1 spiro atoms. The lowest BCUT2D eigenvalue weighted by atomic mass is 9.60. The highest BCUT2D eigenvalue weighted by Crippen LogP contribution is 2.50. The van der Waals surface area contributed by atoms with E-state index >= 15 is 0 Å². The highest BCUT2D eigenvalue weighted by molar-refractivity contribution is 5.66. The normalized spacial score (nSPS) is 33.4. The van der Waals surface area contributed by atoms with Crippen molar-refractivity contribution in [3.63, 3.8) is 0 Å². The Bertz CT molecular complexity index is 525. The number of aliphatic hydroxyl groups is 1. The van der Waals surface area contributed by atoms with E-state index in [2.05, 4.69) is 4.90 Å².